The first-order valence-corrected chi connectivity index (χ1v) is 12.5. The van der Waals surface area contributed by atoms with Gasteiger partial charge in [-0.05, 0) is 31.7 Å². The van der Waals surface area contributed by atoms with E-state index in [2.05, 4.69) is 20.6 Å². The van der Waals surface area contributed by atoms with Crippen LogP contribution >= 0.6 is 11.6 Å². The van der Waals surface area contributed by atoms with Crippen molar-refractivity contribution in [1.29, 1.82) is 0 Å². The summed E-state index contributed by atoms with van der Waals surface area (Å²) in [6.07, 6.45) is 8.79. The molecule has 2 aliphatic rings. The highest BCUT2D eigenvalue weighted by Gasteiger charge is 2.26. The van der Waals surface area contributed by atoms with Crippen LogP contribution in [0, 0.1) is 0 Å². The monoisotopic (exact) mass is 482 g/mol. The summed E-state index contributed by atoms with van der Waals surface area (Å²) >= 11 is 6.45. The number of aliphatic hydroxyl groups excluding tert-OH is 1. The van der Waals surface area contributed by atoms with Crippen LogP contribution in [0.3, 0.4) is 0 Å². The molecule has 8 nitrogen and oxygen atoms in total. The summed E-state index contributed by atoms with van der Waals surface area (Å²) in [4.78, 5) is 26.9. The van der Waals surface area contributed by atoms with Crippen LogP contribution in [0.4, 0.5) is 5.95 Å². The van der Waals surface area contributed by atoms with Crippen LogP contribution in [0.2, 0.25) is 5.02 Å². The Morgan fingerprint density at radius 2 is 1.97 bits per heavy atom. The van der Waals surface area contributed by atoms with Gasteiger partial charge in [-0.1, -0.05) is 42.6 Å². The molecule has 1 amide bonds. The topological polar surface area (TPSA) is 106 Å². The Morgan fingerprint density at radius 1 is 1.18 bits per heavy atom. The number of halogens is 1. The highest BCUT2D eigenvalue weighted by molar-refractivity contribution is 6.33. The Morgan fingerprint density at radius 3 is 2.79 bits per heavy atom. The normalized spacial score (nSPS) is 21.6. The maximum Gasteiger partial charge on any atom is 0.236 e. The number of carbonyl (C=O) groups excluding carboxylic acids is 1. The van der Waals surface area contributed by atoms with Crippen LogP contribution in [-0.4, -0.2) is 68.7 Å². The predicted octanol–water partition coefficient (Wildman–Crippen LogP) is 3.57. The number of amides is 1. The number of aliphatic hydroxyl groups is 1. The van der Waals surface area contributed by atoms with Crippen molar-refractivity contribution < 1.29 is 9.90 Å². The molecule has 0 bridgehead atoms. The van der Waals surface area contributed by atoms with E-state index in [1.54, 1.807) is 6.20 Å². The van der Waals surface area contributed by atoms with Gasteiger partial charge in [0.15, 0.2) is 0 Å². The molecule has 0 radical (unpaired) electrons. The molecule has 1 aliphatic carbocycles. The number of hydrogen-bond donors (Lipinski definition) is 4. The number of piperidine rings is 1. The lowest BCUT2D eigenvalue weighted by Gasteiger charge is -2.34. The molecule has 1 saturated carbocycles. The van der Waals surface area contributed by atoms with Gasteiger partial charge in [-0.3, -0.25) is 4.79 Å². The smallest absolute Gasteiger partial charge is 0.236 e. The molecule has 4 N–H and O–H groups in total. The fraction of sp³-hybridized carbons (Fsp3) is 0.480. The fourth-order valence-corrected chi connectivity index (χ4v) is 5.22. The average Bonchev–Trinajstić information content (AvgIpc) is 3.29. The fourth-order valence-electron chi connectivity index (χ4n) is 5.03. The zero-order valence-corrected chi connectivity index (χ0v) is 19.9. The number of carbonyl (C=O) groups is 1. The van der Waals surface area contributed by atoms with Crippen molar-refractivity contribution in [1.82, 2.24) is 25.2 Å². The molecule has 1 aliphatic heterocycles. The zero-order chi connectivity index (χ0) is 23.5. The summed E-state index contributed by atoms with van der Waals surface area (Å²) in [5.41, 5.74) is 2.67. The molecule has 2 unspecified atom stereocenters. The van der Waals surface area contributed by atoms with Gasteiger partial charge < -0.3 is 25.6 Å². The number of hydrogen-bond acceptors (Lipinski definition) is 6. The number of benzene rings is 1. The first-order chi connectivity index (χ1) is 16.6. The van der Waals surface area contributed by atoms with E-state index in [0.29, 0.717) is 29.8 Å². The van der Waals surface area contributed by atoms with Gasteiger partial charge in [0.1, 0.15) is 0 Å². The molecule has 2 fully saturated rings. The quantitative estimate of drug-likeness (QED) is 0.428. The van der Waals surface area contributed by atoms with Gasteiger partial charge in [0, 0.05) is 47.8 Å². The van der Waals surface area contributed by atoms with Gasteiger partial charge >= 0.3 is 0 Å². The van der Waals surface area contributed by atoms with E-state index in [1.807, 2.05) is 35.4 Å². The van der Waals surface area contributed by atoms with Crippen LogP contribution < -0.4 is 10.6 Å². The van der Waals surface area contributed by atoms with Gasteiger partial charge in [0.05, 0.1) is 29.6 Å². The number of anilines is 1. The Labute approximate surface area is 204 Å². The third-order valence-electron chi connectivity index (χ3n) is 7.01. The van der Waals surface area contributed by atoms with E-state index in [9.17, 15) is 9.90 Å². The van der Waals surface area contributed by atoms with E-state index in [-0.39, 0.29) is 30.6 Å². The lowest BCUT2D eigenvalue weighted by molar-refractivity contribution is -0.131. The number of fused-ring (bicyclic) bond motifs is 1. The van der Waals surface area contributed by atoms with Gasteiger partial charge in [0.2, 0.25) is 11.9 Å². The van der Waals surface area contributed by atoms with Gasteiger partial charge in [0.25, 0.3) is 0 Å². The maximum absolute atomic E-state index is 12.7. The second-order valence-electron chi connectivity index (χ2n) is 9.28. The Hall–Kier alpha value is -2.68. The SMILES string of the molecule is O=C(CNC1CCCCC1O)N1CCC(Nc2ncc(Cl)c(-c3c[nH]c4ccccc34)n2)CC1. The van der Waals surface area contributed by atoms with Crippen LogP contribution in [0.1, 0.15) is 38.5 Å². The number of para-hydroxylation sites is 1. The largest absolute Gasteiger partial charge is 0.392 e. The highest BCUT2D eigenvalue weighted by atomic mass is 35.5. The van der Waals surface area contributed by atoms with Crippen LogP contribution in [-0.2, 0) is 4.79 Å². The summed E-state index contributed by atoms with van der Waals surface area (Å²) in [5.74, 6) is 0.642. The summed E-state index contributed by atoms with van der Waals surface area (Å²) in [6.45, 7) is 1.66. The van der Waals surface area contributed by atoms with Crippen molar-refractivity contribution in [2.75, 3.05) is 25.0 Å². The number of likely N-dealkylation sites (tertiary alicyclic amines) is 1. The highest BCUT2D eigenvalue weighted by Crippen LogP contribution is 2.32. The Kier molecular flexibility index (Phi) is 6.99. The number of H-pyrrole nitrogens is 1. The third-order valence-corrected chi connectivity index (χ3v) is 7.29. The van der Waals surface area contributed by atoms with Crippen molar-refractivity contribution in [3.8, 4) is 11.3 Å². The second kappa shape index (κ2) is 10.3. The van der Waals surface area contributed by atoms with Crippen LogP contribution in [0.25, 0.3) is 22.2 Å². The molecular formula is C25H31ClN6O2. The molecule has 2 aromatic heterocycles. The molecule has 3 heterocycles. The molecule has 9 heteroatoms. The maximum atomic E-state index is 12.7. The number of aromatic amines is 1. The average molecular weight is 483 g/mol. The van der Waals surface area contributed by atoms with Gasteiger partial charge in [-0.25, -0.2) is 9.97 Å². The Bertz CT molecular complexity index is 1140. The predicted molar refractivity (Wildman–Crippen MR) is 134 cm³/mol. The number of rotatable bonds is 6. The molecule has 5 rings (SSSR count). The van der Waals surface area contributed by atoms with Crippen molar-refractivity contribution in [3.05, 3.63) is 41.7 Å². The number of aromatic nitrogens is 3. The minimum Gasteiger partial charge on any atom is -0.392 e. The molecule has 34 heavy (non-hydrogen) atoms. The lowest BCUT2D eigenvalue weighted by Crippen LogP contribution is -2.49. The second-order valence-corrected chi connectivity index (χ2v) is 9.68. The minimum absolute atomic E-state index is 0.0327. The standard InChI is InChI=1S/C25H31ClN6O2/c26-19-14-29-25(31-24(19)18-13-27-20-6-2-1-5-17(18)20)30-16-9-11-32(12-10-16)23(34)15-28-21-7-3-4-8-22(21)33/h1-2,5-6,13-14,16,21-22,27-28,33H,3-4,7-12,15H2,(H,29,30,31). The molecular weight excluding hydrogens is 452 g/mol. The zero-order valence-electron chi connectivity index (χ0n) is 19.1. The van der Waals surface area contributed by atoms with E-state index in [4.69, 9.17) is 16.6 Å². The van der Waals surface area contributed by atoms with Crippen molar-refractivity contribution >= 4 is 34.4 Å². The molecule has 1 aromatic carbocycles. The van der Waals surface area contributed by atoms with Crippen LogP contribution in [0.15, 0.2) is 36.7 Å². The van der Waals surface area contributed by atoms with Gasteiger partial charge in [-0.15, -0.1) is 0 Å². The summed E-state index contributed by atoms with van der Waals surface area (Å²) in [7, 11) is 0. The number of nitrogens with zero attached hydrogens (tertiary/aromatic N) is 3. The first-order valence-electron chi connectivity index (χ1n) is 12.1. The molecule has 2 atom stereocenters. The molecule has 3 aromatic rings. The summed E-state index contributed by atoms with van der Waals surface area (Å²) < 4.78 is 0. The van der Waals surface area contributed by atoms with E-state index in [1.165, 1.54) is 0 Å². The summed E-state index contributed by atoms with van der Waals surface area (Å²) in [5, 5.41) is 18.4. The molecule has 1 saturated heterocycles. The van der Waals surface area contributed by atoms with Crippen molar-refractivity contribution in [3.63, 3.8) is 0 Å². The van der Waals surface area contributed by atoms with Crippen LogP contribution in [0.5, 0.6) is 0 Å². The van der Waals surface area contributed by atoms with E-state index >= 15 is 0 Å². The van der Waals surface area contributed by atoms with Crippen molar-refractivity contribution in [2.24, 2.45) is 0 Å². The summed E-state index contributed by atoms with van der Waals surface area (Å²) in [6, 6.07) is 8.28. The van der Waals surface area contributed by atoms with E-state index in [0.717, 1.165) is 55.0 Å². The van der Waals surface area contributed by atoms with E-state index < -0.39 is 0 Å². The lowest BCUT2D eigenvalue weighted by atomic mass is 9.92. The molecule has 180 valence electrons. The third kappa shape index (κ3) is 5.04. The number of nitrogens with one attached hydrogen (secondary N) is 3. The first kappa shape index (κ1) is 23.1. The Balaban J connectivity index is 1.17. The van der Waals surface area contributed by atoms with Gasteiger partial charge in [-0.2, -0.15) is 0 Å². The minimum atomic E-state index is -0.343. The van der Waals surface area contributed by atoms with Crippen molar-refractivity contribution in [2.45, 2.75) is 56.7 Å². The molecule has 0 spiro atoms.